The second-order valence-electron chi connectivity index (χ2n) is 7.25. The number of anilines is 1. The minimum atomic E-state index is -0.141. The smallest absolute Gasteiger partial charge is 0.267 e. The summed E-state index contributed by atoms with van der Waals surface area (Å²) < 4.78 is 8.29. The largest absolute Gasteiger partial charge is 0.368 e. The number of aromatic nitrogens is 3. The summed E-state index contributed by atoms with van der Waals surface area (Å²) in [6, 6.07) is 5.53. The maximum absolute atomic E-state index is 12.3. The number of hydrogen-bond acceptors (Lipinski definition) is 5. The van der Waals surface area contributed by atoms with E-state index >= 15 is 0 Å². The zero-order valence-corrected chi connectivity index (χ0v) is 15.1. The van der Waals surface area contributed by atoms with Crippen LogP contribution in [0.5, 0.6) is 0 Å². The van der Waals surface area contributed by atoms with Crippen LogP contribution in [0.2, 0.25) is 0 Å². The van der Waals surface area contributed by atoms with E-state index in [2.05, 4.69) is 20.2 Å². The van der Waals surface area contributed by atoms with E-state index in [4.69, 9.17) is 4.74 Å². The number of ether oxygens (including phenoxy) is 1. The standard InChI is InChI=1S/C19H25N5O2/c1-23-11-3-6-16(23)17(25)22-13-15-5-2-7-19(26-15)8-12-24(14-19)18-20-9-4-10-21-18/h3-4,6,9-11,15H,2,5,7-8,12-14H2,1H3,(H,22,25)/t15-,19+/m0/s1. The second-order valence-corrected chi connectivity index (χ2v) is 7.25. The van der Waals surface area contributed by atoms with Crippen molar-refractivity contribution in [1.82, 2.24) is 19.9 Å². The molecular formula is C19H25N5O2. The average Bonchev–Trinajstić information content (AvgIpc) is 3.27. The van der Waals surface area contributed by atoms with E-state index in [0.29, 0.717) is 12.2 Å². The highest BCUT2D eigenvalue weighted by atomic mass is 16.5. The third-order valence-electron chi connectivity index (χ3n) is 5.39. The molecule has 4 heterocycles. The third kappa shape index (κ3) is 3.44. The molecule has 1 spiro atoms. The van der Waals surface area contributed by atoms with E-state index in [0.717, 1.165) is 44.7 Å². The fraction of sp³-hybridized carbons (Fsp3) is 0.526. The molecule has 138 valence electrons. The summed E-state index contributed by atoms with van der Waals surface area (Å²) in [5.74, 6) is 0.721. The van der Waals surface area contributed by atoms with Crippen LogP contribution >= 0.6 is 0 Å². The SMILES string of the molecule is Cn1cccc1C(=O)NC[C@@H]1CCC[C@]2(CCN(c3ncccn3)C2)O1. The van der Waals surface area contributed by atoms with E-state index < -0.39 is 0 Å². The van der Waals surface area contributed by atoms with E-state index in [1.54, 1.807) is 12.4 Å². The molecule has 2 aliphatic rings. The molecule has 2 aromatic rings. The summed E-state index contributed by atoms with van der Waals surface area (Å²) >= 11 is 0. The molecule has 0 bridgehead atoms. The molecule has 1 amide bonds. The van der Waals surface area contributed by atoms with Gasteiger partial charge in [0.05, 0.1) is 11.7 Å². The first-order valence-corrected chi connectivity index (χ1v) is 9.25. The van der Waals surface area contributed by atoms with Crippen LogP contribution < -0.4 is 10.2 Å². The van der Waals surface area contributed by atoms with E-state index in [9.17, 15) is 4.79 Å². The number of carbonyl (C=O) groups is 1. The molecule has 2 saturated heterocycles. The fourth-order valence-electron chi connectivity index (χ4n) is 4.03. The molecule has 0 saturated carbocycles. The first-order chi connectivity index (χ1) is 12.7. The summed E-state index contributed by atoms with van der Waals surface area (Å²) in [4.78, 5) is 23.2. The van der Waals surface area contributed by atoms with Crippen molar-refractivity contribution < 1.29 is 9.53 Å². The van der Waals surface area contributed by atoms with Gasteiger partial charge >= 0.3 is 0 Å². The number of nitrogens with zero attached hydrogens (tertiary/aromatic N) is 4. The fourth-order valence-corrected chi connectivity index (χ4v) is 4.03. The molecular weight excluding hydrogens is 330 g/mol. The van der Waals surface area contributed by atoms with Gasteiger partial charge < -0.3 is 19.5 Å². The number of aryl methyl sites for hydroxylation is 1. The van der Waals surface area contributed by atoms with Gasteiger partial charge in [-0.15, -0.1) is 0 Å². The van der Waals surface area contributed by atoms with Crippen LogP contribution in [-0.2, 0) is 11.8 Å². The lowest BCUT2D eigenvalue weighted by Gasteiger charge is -2.38. The van der Waals surface area contributed by atoms with Crippen LogP contribution in [0.3, 0.4) is 0 Å². The first-order valence-electron chi connectivity index (χ1n) is 9.25. The van der Waals surface area contributed by atoms with Crippen LogP contribution in [0, 0.1) is 0 Å². The summed E-state index contributed by atoms with van der Waals surface area (Å²) in [7, 11) is 1.87. The van der Waals surface area contributed by atoms with Gasteiger partial charge in [-0.05, 0) is 43.9 Å². The van der Waals surface area contributed by atoms with Crippen molar-refractivity contribution in [3.05, 3.63) is 42.5 Å². The lowest BCUT2D eigenvalue weighted by atomic mass is 9.90. The van der Waals surface area contributed by atoms with Gasteiger partial charge in [-0.25, -0.2) is 9.97 Å². The van der Waals surface area contributed by atoms with Gasteiger partial charge in [0.2, 0.25) is 5.95 Å². The Hall–Kier alpha value is -2.41. The van der Waals surface area contributed by atoms with Crippen molar-refractivity contribution in [3.63, 3.8) is 0 Å². The highest BCUT2D eigenvalue weighted by molar-refractivity contribution is 5.92. The first kappa shape index (κ1) is 17.0. The molecule has 4 rings (SSSR count). The normalized spacial score (nSPS) is 25.6. The molecule has 0 aliphatic carbocycles. The molecule has 2 atom stereocenters. The zero-order valence-electron chi connectivity index (χ0n) is 15.1. The molecule has 2 aromatic heterocycles. The molecule has 26 heavy (non-hydrogen) atoms. The molecule has 0 radical (unpaired) electrons. The summed E-state index contributed by atoms with van der Waals surface area (Å²) in [6.45, 7) is 2.28. The molecule has 0 aromatic carbocycles. The molecule has 0 unspecified atom stereocenters. The quantitative estimate of drug-likeness (QED) is 0.905. The highest BCUT2D eigenvalue weighted by Gasteiger charge is 2.43. The van der Waals surface area contributed by atoms with Crippen molar-refractivity contribution in [2.75, 3.05) is 24.5 Å². The zero-order chi connectivity index (χ0) is 18.0. The van der Waals surface area contributed by atoms with E-state index in [-0.39, 0.29) is 17.6 Å². The molecule has 7 nitrogen and oxygen atoms in total. The monoisotopic (exact) mass is 355 g/mol. The van der Waals surface area contributed by atoms with Crippen LogP contribution in [0.1, 0.15) is 36.2 Å². The van der Waals surface area contributed by atoms with Crippen molar-refractivity contribution in [2.45, 2.75) is 37.4 Å². The van der Waals surface area contributed by atoms with Crippen LogP contribution in [0.25, 0.3) is 0 Å². The minimum Gasteiger partial charge on any atom is -0.368 e. The van der Waals surface area contributed by atoms with Crippen molar-refractivity contribution >= 4 is 11.9 Å². The van der Waals surface area contributed by atoms with Gasteiger partial charge in [0.1, 0.15) is 5.69 Å². The molecule has 2 fully saturated rings. The van der Waals surface area contributed by atoms with Gasteiger partial charge in [-0.3, -0.25) is 4.79 Å². The third-order valence-corrected chi connectivity index (χ3v) is 5.39. The number of rotatable bonds is 4. The van der Waals surface area contributed by atoms with Gasteiger partial charge in [0.25, 0.3) is 5.91 Å². The predicted molar refractivity (Wildman–Crippen MR) is 98.1 cm³/mol. The minimum absolute atomic E-state index is 0.0496. The summed E-state index contributed by atoms with van der Waals surface area (Å²) in [5, 5.41) is 3.02. The Morgan fingerprint density at radius 3 is 2.96 bits per heavy atom. The number of nitrogens with one attached hydrogen (secondary N) is 1. The van der Waals surface area contributed by atoms with E-state index in [1.807, 2.05) is 36.0 Å². The lowest BCUT2D eigenvalue weighted by Crippen LogP contribution is -2.47. The van der Waals surface area contributed by atoms with Crippen molar-refractivity contribution in [1.29, 1.82) is 0 Å². The Morgan fingerprint density at radius 1 is 1.35 bits per heavy atom. The van der Waals surface area contributed by atoms with Crippen molar-refractivity contribution in [3.8, 4) is 0 Å². The topological polar surface area (TPSA) is 72.3 Å². The lowest BCUT2D eigenvalue weighted by molar-refractivity contribution is -0.113. The number of amides is 1. The average molecular weight is 355 g/mol. The van der Waals surface area contributed by atoms with Gasteiger partial charge in [0.15, 0.2) is 0 Å². The Bertz CT molecular complexity index is 762. The highest BCUT2D eigenvalue weighted by Crippen LogP contribution is 2.37. The Labute approximate surface area is 153 Å². The Balaban J connectivity index is 1.34. The maximum atomic E-state index is 12.3. The van der Waals surface area contributed by atoms with E-state index in [1.165, 1.54) is 0 Å². The van der Waals surface area contributed by atoms with Crippen LogP contribution in [-0.4, -0.2) is 51.8 Å². The van der Waals surface area contributed by atoms with Gasteiger partial charge in [-0.2, -0.15) is 0 Å². The second kappa shape index (κ2) is 7.07. The number of hydrogen-bond donors (Lipinski definition) is 1. The number of carbonyl (C=O) groups excluding carboxylic acids is 1. The predicted octanol–water partition coefficient (Wildman–Crippen LogP) is 1.76. The summed E-state index contributed by atoms with van der Waals surface area (Å²) in [6.07, 6.45) is 9.62. The van der Waals surface area contributed by atoms with Crippen LogP contribution in [0.4, 0.5) is 5.95 Å². The maximum Gasteiger partial charge on any atom is 0.267 e. The molecule has 7 heteroatoms. The van der Waals surface area contributed by atoms with Gasteiger partial charge in [0, 0.05) is 45.3 Å². The van der Waals surface area contributed by atoms with Gasteiger partial charge in [-0.1, -0.05) is 0 Å². The van der Waals surface area contributed by atoms with Crippen LogP contribution in [0.15, 0.2) is 36.8 Å². The summed E-state index contributed by atoms with van der Waals surface area (Å²) in [5.41, 5.74) is 0.529. The molecule has 1 N–H and O–H groups in total. The Kier molecular flexibility index (Phi) is 4.63. The Morgan fingerprint density at radius 2 is 2.19 bits per heavy atom. The van der Waals surface area contributed by atoms with Crippen molar-refractivity contribution in [2.24, 2.45) is 7.05 Å². The molecule has 2 aliphatic heterocycles.